The summed E-state index contributed by atoms with van der Waals surface area (Å²) in [6.45, 7) is 11.6. The molecule has 0 saturated heterocycles. The highest BCUT2D eigenvalue weighted by Gasteiger charge is 2.53. The van der Waals surface area contributed by atoms with Crippen LogP contribution in [0.1, 0.15) is 98.4 Å². The molecule has 74 heavy (non-hydrogen) atoms. The highest BCUT2D eigenvalue weighted by molar-refractivity contribution is 6.13. The Balaban J connectivity index is 1.07. The van der Waals surface area contributed by atoms with Crippen molar-refractivity contribution in [3.05, 3.63) is 280 Å². The summed E-state index contributed by atoms with van der Waals surface area (Å²) < 4.78 is 0. The van der Waals surface area contributed by atoms with Crippen molar-refractivity contribution in [3.63, 3.8) is 0 Å². The number of nitrogens with zero attached hydrogens (tertiary/aromatic N) is 1. The van der Waals surface area contributed by atoms with Gasteiger partial charge in [-0.3, -0.25) is 0 Å². The Kier molecular flexibility index (Phi) is 9.90. The first kappa shape index (κ1) is 44.3. The molecule has 0 aromatic heterocycles. The zero-order chi connectivity index (χ0) is 49.9. The lowest BCUT2D eigenvalue weighted by Gasteiger charge is -2.37. The standard InChI is InChI=1S/C73H57N/c1-71(2,3)51-39-35-47(36-40-51)50-38-43-67(59(45-50)48-21-7-6-8-22-48)74(52-41-42-65-60(46-52)56-27-13-19-33-64(56)73(65)62-31-17-11-25-54(62)55-26-12-18-32-63(55)73)68-44-37-49-23-9-10-24-53(49)70(68)58-29-15-20-34-66-69(58)57-28-14-16-30-61(57)72(66,4)5/h6-14,16-19,21-28,30-40,43-46H,29,41-42H2,1-5H3. The van der Waals surface area contributed by atoms with E-state index >= 15 is 0 Å². The molecule has 1 spiro atoms. The van der Waals surface area contributed by atoms with E-state index in [0.717, 1.165) is 18.5 Å². The maximum atomic E-state index is 3.68. The minimum absolute atomic E-state index is 0.0643. The molecule has 0 radical (unpaired) electrons. The van der Waals surface area contributed by atoms with E-state index in [1.807, 2.05) is 0 Å². The molecule has 0 fully saturated rings. The second kappa shape index (κ2) is 16.5. The van der Waals surface area contributed by atoms with Crippen LogP contribution in [-0.2, 0) is 16.2 Å². The van der Waals surface area contributed by atoms with E-state index in [1.165, 1.54) is 128 Å². The van der Waals surface area contributed by atoms with E-state index in [2.05, 4.69) is 270 Å². The van der Waals surface area contributed by atoms with Gasteiger partial charge in [-0.25, -0.2) is 0 Å². The summed E-state index contributed by atoms with van der Waals surface area (Å²) in [5.41, 5.74) is 28.0. The predicted octanol–water partition coefficient (Wildman–Crippen LogP) is 18.6. The van der Waals surface area contributed by atoms with Crippen LogP contribution < -0.4 is 4.90 Å². The zero-order valence-corrected chi connectivity index (χ0v) is 42.9. The van der Waals surface area contributed by atoms with Gasteiger partial charge in [-0.1, -0.05) is 235 Å². The van der Waals surface area contributed by atoms with Gasteiger partial charge in [0.15, 0.2) is 0 Å². The lowest BCUT2D eigenvalue weighted by atomic mass is 9.68. The summed E-state index contributed by atoms with van der Waals surface area (Å²) in [5, 5.41) is 2.46. The predicted molar refractivity (Wildman–Crippen MR) is 311 cm³/mol. The van der Waals surface area contributed by atoms with Crippen LogP contribution in [0.3, 0.4) is 0 Å². The van der Waals surface area contributed by atoms with E-state index in [9.17, 15) is 0 Å². The smallest absolute Gasteiger partial charge is 0.0688 e. The third kappa shape index (κ3) is 6.44. The van der Waals surface area contributed by atoms with Crippen molar-refractivity contribution in [2.45, 2.75) is 70.1 Å². The Morgan fingerprint density at radius 2 is 1.09 bits per heavy atom. The second-order valence-corrected chi connectivity index (χ2v) is 22.4. The van der Waals surface area contributed by atoms with Gasteiger partial charge in [-0.2, -0.15) is 0 Å². The molecule has 0 atom stereocenters. The summed E-state index contributed by atoms with van der Waals surface area (Å²) in [6, 6.07) is 78.0. The lowest BCUT2D eigenvalue weighted by molar-refractivity contribution is 0.590. The number of benzene rings is 9. The van der Waals surface area contributed by atoms with Gasteiger partial charge >= 0.3 is 0 Å². The molecule has 9 aromatic rings. The Hall–Kier alpha value is -8.44. The van der Waals surface area contributed by atoms with Crippen molar-refractivity contribution in [1.29, 1.82) is 0 Å². The van der Waals surface area contributed by atoms with E-state index in [1.54, 1.807) is 0 Å². The van der Waals surface area contributed by atoms with Crippen LogP contribution in [0, 0.1) is 11.8 Å². The van der Waals surface area contributed by atoms with E-state index < -0.39 is 0 Å². The number of rotatable bonds is 6. The van der Waals surface area contributed by atoms with Crippen LogP contribution >= 0.6 is 0 Å². The largest absolute Gasteiger partial charge is 0.313 e. The van der Waals surface area contributed by atoms with Gasteiger partial charge in [-0.15, -0.1) is 0 Å². The number of allylic oxidation sites excluding steroid dienone is 8. The number of fused-ring (bicyclic) bond motifs is 13. The minimum atomic E-state index is -0.365. The molecule has 0 unspecified atom stereocenters. The lowest BCUT2D eigenvalue weighted by Crippen LogP contribution is -2.29. The highest BCUT2D eigenvalue weighted by atomic mass is 15.2. The van der Waals surface area contributed by atoms with Crippen LogP contribution in [0.2, 0.25) is 0 Å². The molecule has 1 heteroatoms. The quantitative estimate of drug-likeness (QED) is 0.150. The first-order chi connectivity index (χ1) is 36.1. The van der Waals surface area contributed by atoms with Gasteiger partial charge < -0.3 is 4.90 Å². The van der Waals surface area contributed by atoms with Gasteiger partial charge in [0.25, 0.3) is 0 Å². The van der Waals surface area contributed by atoms with Gasteiger partial charge in [-0.05, 0) is 154 Å². The third-order valence-electron chi connectivity index (χ3n) is 17.1. The van der Waals surface area contributed by atoms with Crippen LogP contribution in [-0.4, -0.2) is 0 Å². The summed E-state index contributed by atoms with van der Waals surface area (Å²) in [7, 11) is 0. The summed E-state index contributed by atoms with van der Waals surface area (Å²) >= 11 is 0. The molecule has 9 aromatic carbocycles. The molecule has 354 valence electrons. The van der Waals surface area contributed by atoms with E-state index in [0.29, 0.717) is 6.42 Å². The van der Waals surface area contributed by atoms with E-state index in [-0.39, 0.29) is 16.2 Å². The summed E-state index contributed by atoms with van der Waals surface area (Å²) in [5.74, 6) is 7.23. The SMILES string of the molecule is CC(C)(C)c1ccc(-c2ccc(N(C3=CC4=C(CC3)C3(c5ccccc54)c4ccccc4-c4ccccc43)c3ccc4ccccc4c3C3=C4C(=CC#CC3)C(C)(C)c3ccccc34)c(-c3ccccc3)c2)cc1. The molecule has 0 heterocycles. The second-order valence-electron chi connectivity index (χ2n) is 22.4. The maximum Gasteiger partial charge on any atom is 0.0688 e. The Bertz CT molecular complexity index is 3990. The molecule has 0 N–H and O–H groups in total. The van der Waals surface area contributed by atoms with Gasteiger partial charge in [0.05, 0.1) is 16.8 Å². The van der Waals surface area contributed by atoms with Gasteiger partial charge in [0, 0.05) is 28.7 Å². The first-order valence-electron chi connectivity index (χ1n) is 26.5. The fourth-order valence-corrected chi connectivity index (χ4v) is 13.7. The third-order valence-corrected chi connectivity index (χ3v) is 17.1. The molecule has 0 amide bonds. The molecular formula is C73H57N. The monoisotopic (exact) mass is 947 g/mol. The average Bonchev–Trinajstić information content (AvgIpc) is 4.06. The maximum absolute atomic E-state index is 3.68. The van der Waals surface area contributed by atoms with Crippen molar-refractivity contribution in [2.24, 2.45) is 0 Å². The van der Waals surface area contributed by atoms with E-state index in [4.69, 9.17) is 0 Å². The first-order valence-corrected chi connectivity index (χ1v) is 26.5. The van der Waals surface area contributed by atoms with Crippen molar-refractivity contribution >= 4 is 38.9 Å². The number of anilines is 2. The van der Waals surface area contributed by atoms with Crippen LogP contribution in [0.5, 0.6) is 0 Å². The van der Waals surface area contributed by atoms with Gasteiger partial charge in [0.2, 0.25) is 0 Å². The highest BCUT2D eigenvalue weighted by Crippen LogP contribution is 2.65. The van der Waals surface area contributed by atoms with Crippen molar-refractivity contribution in [3.8, 4) is 45.2 Å². The Labute approximate surface area is 436 Å². The number of hydrogen-bond acceptors (Lipinski definition) is 1. The summed E-state index contributed by atoms with van der Waals surface area (Å²) in [6.07, 6.45) is 7.20. The molecule has 0 aliphatic heterocycles. The van der Waals surface area contributed by atoms with Crippen molar-refractivity contribution in [2.75, 3.05) is 4.90 Å². The van der Waals surface area contributed by atoms with Crippen LogP contribution in [0.15, 0.2) is 235 Å². The fourth-order valence-electron chi connectivity index (χ4n) is 13.7. The zero-order valence-electron chi connectivity index (χ0n) is 42.9. The normalized spacial score (nSPS) is 16.3. The Morgan fingerprint density at radius 1 is 0.500 bits per heavy atom. The van der Waals surface area contributed by atoms with Crippen LogP contribution in [0.4, 0.5) is 11.4 Å². The van der Waals surface area contributed by atoms with Crippen molar-refractivity contribution < 1.29 is 0 Å². The average molecular weight is 948 g/mol. The molecule has 0 bridgehead atoms. The van der Waals surface area contributed by atoms with Crippen molar-refractivity contribution in [1.82, 2.24) is 0 Å². The Morgan fingerprint density at radius 3 is 1.81 bits per heavy atom. The molecular weight excluding hydrogens is 891 g/mol. The molecule has 14 rings (SSSR count). The molecule has 5 aliphatic rings. The summed E-state index contributed by atoms with van der Waals surface area (Å²) in [4.78, 5) is 2.67. The van der Waals surface area contributed by atoms with Crippen LogP contribution in [0.25, 0.3) is 60.9 Å². The molecule has 1 nitrogen and oxygen atoms in total. The molecule has 5 aliphatic carbocycles. The fraction of sp³-hybridized carbons (Fsp3) is 0.151. The topological polar surface area (TPSA) is 3.24 Å². The molecule has 0 saturated carbocycles. The minimum Gasteiger partial charge on any atom is -0.313 e. The van der Waals surface area contributed by atoms with Gasteiger partial charge in [0.1, 0.15) is 0 Å². The number of hydrogen-bond donors (Lipinski definition) is 0.